The summed E-state index contributed by atoms with van der Waals surface area (Å²) in [7, 11) is 0. The minimum absolute atomic E-state index is 0.624. The van der Waals surface area contributed by atoms with E-state index < -0.39 is 0 Å². The normalized spacial score (nSPS) is 10.9. The number of hydrogen-bond donors (Lipinski definition) is 0. The molecule has 0 saturated heterocycles. The lowest BCUT2D eigenvalue weighted by Gasteiger charge is -2.11. The summed E-state index contributed by atoms with van der Waals surface area (Å²) in [6.45, 7) is 0. The third-order valence-corrected chi connectivity index (χ3v) is 8.34. The summed E-state index contributed by atoms with van der Waals surface area (Å²) in [6, 6.07) is 52.0. The van der Waals surface area contributed by atoms with Crippen LogP contribution in [-0.4, -0.2) is 24.9 Å². The van der Waals surface area contributed by atoms with Crippen LogP contribution >= 0.6 is 0 Å². The first-order valence-electron chi connectivity index (χ1n) is 15.8. The zero-order valence-corrected chi connectivity index (χ0v) is 26.0. The van der Waals surface area contributed by atoms with E-state index >= 15 is 0 Å². The quantitative estimate of drug-likeness (QED) is 0.178. The molecule has 0 N–H and O–H groups in total. The lowest BCUT2D eigenvalue weighted by molar-refractivity contribution is 1.07. The third kappa shape index (κ3) is 6.13. The van der Waals surface area contributed by atoms with E-state index in [2.05, 4.69) is 119 Å². The summed E-state index contributed by atoms with van der Waals surface area (Å²) >= 11 is 0. The van der Waals surface area contributed by atoms with E-state index in [0.717, 1.165) is 61.2 Å². The van der Waals surface area contributed by atoms with E-state index in [9.17, 15) is 0 Å². The predicted octanol–water partition coefficient (Wildman–Crippen LogP) is 10.3. The Balaban J connectivity index is 1.16. The molecule has 226 valence electrons. The lowest BCUT2D eigenvalue weighted by Crippen LogP contribution is -2.00. The Kier molecular flexibility index (Phi) is 7.83. The molecule has 5 aromatic carbocycles. The molecule has 48 heavy (non-hydrogen) atoms. The first-order chi connectivity index (χ1) is 23.8. The van der Waals surface area contributed by atoms with E-state index in [1.807, 2.05) is 54.9 Å². The van der Waals surface area contributed by atoms with Crippen LogP contribution in [-0.2, 0) is 0 Å². The van der Waals surface area contributed by atoms with Gasteiger partial charge in [-0.05, 0) is 68.8 Å². The van der Waals surface area contributed by atoms with Gasteiger partial charge in [0, 0.05) is 41.5 Å². The molecule has 8 rings (SSSR count). The first-order valence-corrected chi connectivity index (χ1v) is 15.8. The molecule has 8 aromatic rings. The van der Waals surface area contributed by atoms with Crippen LogP contribution in [0.1, 0.15) is 0 Å². The molecule has 3 heterocycles. The summed E-state index contributed by atoms with van der Waals surface area (Å²) in [5.74, 6) is 1.88. The van der Waals surface area contributed by atoms with Gasteiger partial charge in [-0.15, -0.1) is 0 Å². The highest BCUT2D eigenvalue weighted by Crippen LogP contribution is 2.31. The molecule has 0 aliphatic rings. The van der Waals surface area contributed by atoms with Crippen molar-refractivity contribution in [2.24, 2.45) is 0 Å². The van der Waals surface area contributed by atoms with E-state index in [0.29, 0.717) is 17.5 Å². The maximum atomic E-state index is 5.04. The Hall–Kier alpha value is -6.59. The monoisotopic (exact) mass is 615 g/mol. The molecule has 0 aliphatic heterocycles. The van der Waals surface area contributed by atoms with Crippen LogP contribution in [0.3, 0.4) is 0 Å². The molecule has 0 saturated carbocycles. The Morgan fingerprint density at radius 1 is 0.250 bits per heavy atom. The smallest absolute Gasteiger partial charge is 0.164 e. The van der Waals surface area contributed by atoms with Crippen molar-refractivity contribution in [3.63, 3.8) is 0 Å². The second-order valence-electron chi connectivity index (χ2n) is 11.5. The molecule has 0 spiro atoms. The van der Waals surface area contributed by atoms with Gasteiger partial charge in [-0.2, -0.15) is 0 Å². The molecule has 0 amide bonds. The van der Waals surface area contributed by atoms with Crippen molar-refractivity contribution in [2.75, 3.05) is 0 Å². The van der Waals surface area contributed by atoms with E-state index in [4.69, 9.17) is 15.0 Å². The van der Waals surface area contributed by atoms with Gasteiger partial charge in [-0.1, -0.05) is 127 Å². The lowest BCUT2D eigenvalue weighted by atomic mass is 9.99. The van der Waals surface area contributed by atoms with Gasteiger partial charge in [0.05, 0.1) is 0 Å². The fourth-order valence-electron chi connectivity index (χ4n) is 5.80. The molecule has 0 atom stereocenters. The Morgan fingerprint density at radius 3 is 1.02 bits per heavy atom. The number of hydrogen-bond acceptors (Lipinski definition) is 5. The Labute approximate surface area is 279 Å². The van der Waals surface area contributed by atoms with Crippen LogP contribution in [0.4, 0.5) is 0 Å². The van der Waals surface area contributed by atoms with Crippen LogP contribution in [0.2, 0.25) is 0 Å². The summed E-state index contributed by atoms with van der Waals surface area (Å²) in [6.07, 6.45) is 7.35. The fourth-order valence-corrected chi connectivity index (χ4v) is 5.80. The second kappa shape index (κ2) is 13.0. The molecule has 5 heteroatoms. The molecule has 0 fully saturated rings. The summed E-state index contributed by atoms with van der Waals surface area (Å²) in [5, 5.41) is 0. The Bertz CT molecular complexity index is 2160. The molecule has 0 radical (unpaired) electrons. The van der Waals surface area contributed by atoms with Crippen LogP contribution in [0, 0.1) is 0 Å². The number of benzene rings is 5. The van der Waals surface area contributed by atoms with Crippen LogP contribution in [0.15, 0.2) is 176 Å². The van der Waals surface area contributed by atoms with Gasteiger partial charge in [0.15, 0.2) is 17.5 Å². The summed E-state index contributed by atoms with van der Waals surface area (Å²) in [5.41, 5.74) is 11.6. The standard InChI is InChI=1S/C43H29N5/c1-2-8-34(9-3-1)41-46-42(37-12-4-10-35(26-37)30-16-20-32(21-17-30)39-14-6-24-44-28-39)48-43(47-41)38-13-5-11-36(27-38)31-18-22-33(23-19-31)40-15-7-25-45-29-40/h1-29H. The second-order valence-corrected chi connectivity index (χ2v) is 11.5. The fraction of sp³-hybridized carbons (Fsp3) is 0. The van der Waals surface area contributed by atoms with Crippen molar-refractivity contribution in [3.05, 3.63) is 176 Å². The topological polar surface area (TPSA) is 64.5 Å². The minimum atomic E-state index is 0.624. The molecular weight excluding hydrogens is 587 g/mol. The van der Waals surface area contributed by atoms with E-state index in [1.165, 1.54) is 0 Å². The van der Waals surface area contributed by atoms with Crippen LogP contribution in [0.5, 0.6) is 0 Å². The molecule has 3 aromatic heterocycles. The third-order valence-electron chi connectivity index (χ3n) is 8.34. The van der Waals surface area contributed by atoms with E-state index in [1.54, 1.807) is 12.4 Å². The van der Waals surface area contributed by atoms with Gasteiger partial charge in [-0.3, -0.25) is 9.97 Å². The van der Waals surface area contributed by atoms with Gasteiger partial charge in [0.1, 0.15) is 0 Å². The van der Waals surface area contributed by atoms with Crippen LogP contribution < -0.4 is 0 Å². The predicted molar refractivity (Wildman–Crippen MR) is 193 cm³/mol. The number of rotatable bonds is 7. The number of aromatic nitrogens is 5. The average molecular weight is 616 g/mol. The summed E-state index contributed by atoms with van der Waals surface area (Å²) in [4.78, 5) is 23.5. The molecule has 5 nitrogen and oxygen atoms in total. The summed E-state index contributed by atoms with van der Waals surface area (Å²) < 4.78 is 0. The molecular formula is C43H29N5. The first kappa shape index (κ1) is 28.9. The highest BCUT2D eigenvalue weighted by atomic mass is 15.0. The van der Waals surface area contributed by atoms with Crippen molar-refractivity contribution >= 4 is 0 Å². The SMILES string of the molecule is c1ccc(-c2nc(-c3cccc(-c4ccc(-c5cccnc5)cc4)c3)nc(-c3cccc(-c4ccc(-c5cccnc5)cc4)c3)n2)cc1. The zero-order chi connectivity index (χ0) is 32.1. The van der Waals surface area contributed by atoms with Gasteiger partial charge >= 0.3 is 0 Å². The Morgan fingerprint density at radius 2 is 0.604 bits per heavy atom. The van der Waals surface area contributed by atoms with Gasteiger partial charge < -0.3 is 0 Å². The van der Waals surface area contributed by atoms with Crippen molar-refractivity contribution in [1.29, 1.82) is 0 Å². The van der Waals surface area contributed by atoms with Crippen molar-refractivity contribution in [3.8, 4) is 78.7 Å². The van der Waals surface area contributed by atoms with Crippen molar-refractivity contribution in [2.45, 2.75) is 0 Å². The number of pyridine rings is 2. The van der Waals surface area contributed by atoms with Gasteiger partial charge in [0.2, 0.25) is 0 Å². The minimum Gasteiger partial charge on any atom is -0.264 e. The van der Waals surface area contributed by atoms with Gasteiger partial charge in [-0.25, -0.2) is 15.0 Å². The van der Waals surface area contributed by atoms with Crippen molar-refractivity contribution < 1.29 is 0 Å². The van der Waals surface area contributed by atoms with Crippen molar-refractivity contribution in [1.82, 2.24) is 24.9 Å². The molecule has 0 aliphatic carbocycles. The molecule has 0 unspecified atom stereocenters. The highest BCUT2D eigenvalue weighted by Gasteiger charge is 2.14. The zero-order valence-electron chi connectivity index (χ0n) is 26.0. The average Bonchev–Trinajstić information content (AvgIpc) is 3.19. The molecule has 0 bridgehead atoms. The van der Waals surface area contributed by atoms with E-state index in [-0.39, 0.29) is 0 Å². The number of nitrogens with zero attached hydrogens (tertiary/aromatic N) is 5. The van der Waals surface area contributed by atoms with Gasteiger partial charge in [0.25, 0.3) is 0 Å². The maximum Gasteiger partial charge on any atom is 0.164 e. The largest absolute Gasteiger partial charge is 0.264 e. The highest BCUT2D eigenvalue weighted by molar-refractivity contribution is 5.77. The maximum absolute atomic E-state index is 5.04. The van der Waals surface area contributed by atoms with Crippen LogP contribution in [0.25, 0.3) is 78.7 Å².